The third-order valence-electron chi connectivity index (χ3n) is 9.01. The highest BCUT2D eigenvalue weighted by Crippen LogP contribution is 2.52. The molecule has 0 aliphatic carbocycles. The quantitative estimate of drug-likeness (QED) is 0.273. The lowest BCUT2D eigenvalue weighted by molar-refractivity contribution is -0.573. The van der Waals surface area contributed by atoms with Crippen molar-refractivity contribution in [3.8, 4) is 28.5 Å². The van der Waals surface area contributed by atoms with E-state index in [1.807, 2.05) is 0 Å². The van der Waals surface area contributed by atoms with E-state index >= 15 is 0 Å². The lowest BCUT2D eigenvalue weighted by atomic mass is 9.61. The van der Waals surface area contributed by atoms with Gasteiger partial charge in [0.15, 0.2) is 0 Å². The summed E-state index contributed by atoms with van der Waals surface area (Å²) in [5.74, 6) is 2.17. The molecule has 2 unspecified atom stereocenters. The molecular weight excluding hydrogens is 438 g/mol. The normalized spacial score (nSPS) is 21.2. The molecular formula is C33H40N3+. The average Bonchev–Trinajstić information content (AvgIpc) is 3.28. The molecule has 2 atom stereocenters. The van der Waals surface area contributed by atoms with Crippen molar-refractivity contribution < 1.29 is 4.57 Å². The molecule has 2 heterocycles. The Morgan fingerprint density at radius 2 is 1.42 bits per heavy atom. The van der Waals surface area contributed by atoms with Crippen molar-refractivity contribution >= 4 is 0 Å². The van der Waals surface area contributed by atoms with Crippen LogP contribution >= 0.6 is 0 Å². The van der Waals surface area contributed by atoms with E-state index in [0.29, 0.717) is 0 Å². The molecule has 3 nitrogen and oxygen atoms in total. The van der Waals surface area contributed by atoms with Gasteiger partial charge in [0, 0.05) is 10.5 Å². The van der Waals surface area contributed by atoms with E-state index in [0.717, 1.165) is 24.4 Å². The van der Waals surface area contributed by atoms with E-state index in [9.17, 15) is 0 Å². The zero-order valence-electron chi connectivity index (χ0n) is 23.2. The Morgan fingerprint density at radius 1 is 0.806 bits per heavy atom. The van der Waals surface area contributed by atoms with Crippen LogP contribution in [0.25, 0.3) is 28.5 Å². The number of aromatic nitrogens is 3. The molecule has 0 radical (unpaired) electrons. The Kier molecular flexibility index (Phi) is 5.74. The number of fused-ring (bicyclic) bond motifs is 3. The molecule has 4 aromatic rings. The zero-order chi connectivity index (χ0) is 25.9. The minimum absolute atomic E-state index is 0.0334. The van der Waals surface area contributed by atoms with Gasteiger partial charge in [0.2, 0.25) is 0 Å². The topological polar surface area (TPSA) is 21.7 Å². The van der Waals surface area contributed by atoms with Crippen molar-refractivity contribution in [2.75, 3.05) is 0 Å². The third-order valence-corrected chi connectivity index (χ3v) is 9.01. The van der Waals surface area contributed by atoms with Crippen LogP contribution in [0, 0.1) is 6.92 Å². The maximum atomic E-state index is 5.48. The number of benzene rings is 3. The number of nitrogens with zero attached hydrogens (tertiary/aromatic N) is 3. The van der Waals surface area contributed by atoms with Crippen LogP contribution in [0.3, 0.4) is 0 Å². The molecule has 3 heteroatoms. The minimum atomic E-state index is -0.167. The number of hydrogen-bond acceptors (Lipinski definition) is 1. The van der Waals surface area contributed by atoms with Crippen LogP contribution in [0.1, 0.15) is 78.0 Å². The molecule has 0 amide bonds. The van der Waals surface area contributed by atoms with Gasteiger partial charge in [0.1, 0.15) is 11.2 Å². The molecule has 5 rings (SSSR count). The fourth-order valence-corrected chi connectivity index (χ4v) is 6.11. The molecule has 0 bridgehead atoms. The van der Waals surface area contributed by atoms with Crippen molar-refractivity contribution in [3.05, 3.63) is 89.5 Å². The first-order valence-corrected chi connectivity index (χ1v) is 13.4. The number of hydrogen-bond donors (Lipinski definition) is 0. The minimum Gasteiger partial charge on any atom is -0.190 e. The Morgan fingerprint density at radius 3 is 2.00 bits per heavy atom. The molecule has 1 aromatic heterocycles. The molecule has 3 aromatic carbocycles. The number of rotatable bonds is 4. The lowest BCUT2D eigenvalue weighted by Gasteiger charge is -2.46. The van der Waals surface area contributed by atoms with Gasteiger partial charge in [-0.2, -0.15) is 4.57 Å². The van der Waals surface area contributed by atoms with Gasteiger partial charge < -0.3 is 0 Å². The maximum absolute atomic E-state index is 5.48. The van der Waals surface area contributed by atoms with Crippen LogP contribution in [0.15, 0.2) is 72.8 Å². The summed E-state index contributed by atoms with van der Waals surface area (Å²) in [6, 6.07) is 26.7. The summed E-state index contributed by atoms with van der Waals surface area (Å²) < 4.78 is 4.76. The monoisotopic (exact) mass is 478 g/mol. The Hall–Kier alpha value is -3.20. The molecule has 1 aliphatic heterocycles. The number of aryl methyl sites for hydroxylation is 1. The molecule has 0 spiro atoms. The van der Waals surface area contributed by atoms with Gasteiger partial charge in [0.05, 0.1) is 11.1 Å². The predicted molar refractivity (Wildman–Crippen MR) is 150 cm³/mol. The first kappa shape index (κ1) is 24.5. The SMILES string of the molecule is CCC1(C)c2ccccc2-c2n(nc(-c3ccccc3C)[n+]2-c2ccc(C(C)(C)C)cc2)C1(C)CC. The van der Waals surface area contributed by atoms with Crippen LogP contribution in [0.5, 0.6) is 0 Å². The van der Waals surface area contributed by atoms with Crippen LogP contribution in [0.2, 0.25) is 0 Å². The highest BCUT2D eigenvalue weighted by atomic mass is 15.4. The van der Waals surface area contributed by atoms with Crippen molar-refractivity contribution in [1.82, 2.24) is 9.78 Å². The van der Waals surface area contributed by atoms with Crippen molar-refractivity contribution in [2.45, 2.75) is 84.6 Å². The highest BCUT2D eigenvalue weighted by Gasteiger charge is 2.57. The summed E-state index contributed by atoms with van der Waals surface area (Å²) in [6.07, 6.45) is 2.05. The van der Waals surface area contributed by atoms with E-state index in [1.54, 1.807) is 0 Å². The van der Waals surface area contributed by atoms with E-state index in [-0.39, 0.29) is 16.4 Å². The Balaban J connectivity index is 1.91. The van der Waals surface area contributed by atoms with Gasteiger partial charge >= 0.3 is 5.82 Å². The van der Waals surface area contributed by atoms with E-state index in [2.05, 4.69) is 137 Å². The van der Waals surface area contributed by atoms with E-state index < -0.39 is 0 Å². The largest absolute Gasteiger partial charge is 0.314 e. The van der Waals surface area contributed by atoms with Gasteiger partial charge in [-0.1, -0.05) is 94.8 Å². The summed E-state index contributed by atoms with van der Waals surface area (Å²) in [7, 11) is 0. The highest BCUT2D eigenvalue weighted by molar-refractivity contribution is 5.67. The summed E-state index contributed by atoms with van der Waals surface area (Å²) in [5.41, 5.74) is 7.50. The zero-order valence-corrected chi connectivity index (χ0v) is 23.2. The molecule has 0 saturated heterocycles. The van der Waals surface area contributed by atoms with Crippen molar-refractivity contribution in [3.63, 3.8) is 0 Å². The molecule has 1 aliphatic rings. The summed E-state index contributed by atoms with van der Waals surface area (Å²) in [5, 5.41) is 5.48. The third kappa shape index (κ3) is 3.39. The van der Waals surface area contributed by atoms with Gasteiger partial charge in [-0.25, -0.2) is 0 Å². The first-order valence-electron chi connectivity index (χ1n) is 13.4. The predicted octanol–water partition coefficient (Wildman–Crippen LogP) is 7.91. The van der Waals surface area contributed by atoms with Gasteiger partial charge in [0.25, 0.3) is 5.82 Å². The van der Waals surface area contributed by atoms with E-state index in [4.69, 9.17) is 5.10 Å². The fraction of sp³-hybridized carbons (Fsp3) is 0.394. The first-order chi connectivity index (χ1) is 17.1. The van der Waals surface area contributed by atoms with Crippen LogP contribution in [0.4, 0.5) is 0 Å². The standard InChI is InChI=1S/C33H40N3/c1-9-32(7)28-18-14-13-17-27(28)30-35(25-21-19-24(20-22-25)31(4,5)6)29(26-16-12-11-15-23(26)3)34-36(30)33(32,8)10-2/h11-22H,9-10H2,1-8H3/q+1. The molecule has 0 saturated carbocycles. The second-order valence-electron chi connectivity index (χ2n) is 11.9. The van der Waals surface area contributed by atoms with Crippen LogP contribution < -0.4 is 4.57 Å². The van der Waals surface area contributed by atoms with Gasteiger partial charge in [-0.05, 0) is 73.1 Å². The lowest BCUT2D eigenvalue weighted by Crippen LogP contribution is -2.53. The van der Waals surface area contributed by atoms with Crippen LogP contribution in [-0.4, -0.2) is 9.78 Å². The summed E-state index contributed by atoms with van der Waals surface area (Å²) in [6.45, 7) is 18.4. The molecule has 0 N–H and O–H groups in total. The summed E-state index contributed by atoms with van der Waals surface area (Å²) >= 11 is 0. The maximum Gasteiger partial charge on any atom is 0.314 e. The molecule has 36 heavy (non-hydrogen) atoms. The average molecular weight is 479 g/mol. The molecule has 186 valence electrons. The van der Waals surface area contributed by atoms with Gasteiger partial charge in [-0.3, -0.25) is 0 Å². The smallest absolute Gasteiger partial charge is 0.190 e. The van der Waals surface area contributed by atoms with Gasteiger partial charge in [-0.15, -0.1) is 0 Å². The Labute approximate surface area is 216 Å². The Bertz CT molecular complexity index is 1420. The second-order valence-corrected chi connectivity index (χ2v) is 11.9. The fourth-order valence-electron chi connectivity index (χ4n) is 6.11. The second kappa shape index (κ2) is 8.44. The molecule has 0 fully saturated rings. The van der Waals surface area contributed by atoms with E-state index in [1.165, 1.54) is 33.6 Å². The van der Waals surface area contributed by atoms with Crippen LogP contribution in [-0.2, 0) is 16.4 Å². The summed E-state index contributed by atoms with van der Waals surface area (Å²) in [4.78, 5) is 0. The van der Waals surface area contributed by atoms with Crippen molar-refractivity contribution in [1.29, 1.82) is 0 Å². The van der Waals surface area contributed by atoms with Crippen molar-refractivity contribution in [2.24, 2.45) is 0 Å².